The summed E-state index contributed by atoms with van der Waals surface area (Å²) in [6.07, 6.45) is 0.657. The molecule has 1 rings (SSSR count). The molecule has 0 aliphatic carbocycles. The minimum absolute atomic E-state index is 0.0289. The average Bonchev–Trinajstić information content (AvgIpc) is 2.47. The van der Waals surface area contributed by atoms with Crippen molar-refractivity contribution >= 4 is 18.5 Å². The molecule has 1 fully saturated rings. The maximum atomic E-state index is 11.6. The van der Waals surface area contributed by atoms with Crippen molar-refractivity contribution in [2.75, 3.05) is 25.4 Å². The van der Waals surface area contributed by atoms with Crippen molar-refractivity contribution in [2.45, 2.75) is 20.3 Å². The van der Waals surface area contributed by atoms with Crippen LogP contribution in [0, 0.1) is 11.3 Å². The minimum Gasteiger partial charge on any atom is -0.342 e. The number of nitrogens with zero attached hydrogens (tertiary/aromatic N) is 1. The summed E-state index contributed by atoms with van der Waals surface area (Å²) in [5.74, 6) is 1.48. The molecule has 1 aliphatic heterocycles. The quantitative estimate of drug-likeness (QED) is 0.681. The van der Waals surface area contributed by atoms with Crippen LogP contribution in [0.15, 0.2) is 0 Å². The number of amides is 1. The molecule has 1 saturated heterocycles. The van der Waals surface area contributed by atoms with E-state index in [4.69, 9.17) is 5.73 Å². The second-order valence-corrected chi connectivity index (χ2v) is 5.26. The maximum Gasteiger partial charge on any atom is 0.222 e. The smallest absolute Gasteiger partial charge is 0.222 e. The van der Waals surface area contributed by atoms with E-state index < -0.39 is 0 Å². The minimum atomic E-state index is 0.0289. The van der Waals surface area contributed by atoms with E-state index in [9.17, 15) is 4.79 Å². The normalized spacial score (nSPS) is 23.3. The SMILES string of the molecule is CC(C)(CN)CN1CC(CS)CC1=O. The summed E-state index contributed by atoms with van der Waals surface area (Å²) in [4.78, 5) is 13.5. The van der Waals surface area contributed by atoms with Gasteiger partial charge in [-0.05, 0) is 23.6 Å². The highest BCUT2D eigenvalue weighted by Crippen LogP contribution is 2.23. The first-order valence-electron chi connectivity index (χ1n) is 5.07. The predicted octanol–water partition coefficient (Wildman–Crippen LogP) is 0.750. The van der Waals surface area contributed by atoms with E-state index in [-0.39, 0.29) is 11.3 Å². The number of carbonyl (C=O) groups is 1. The van der Waals surface area contributed by atoms with Crippen molar-refractivity contribution < 1.29 is 4.79 Å². The van der Waals surface area contributed by atoms with E-state index in [1.165, 1.54) is 0 Å². The Bertz CT molecular complexity index is 218. The van der Waals surface area contributed by atoms with Crippen LogP contribution >= 0.6 is 12.6 Å². The number of likely N-dealkylation sites (tertiary alicyclic amines) is 1. The molecule has 2 N–H and O–H groups in total. The summed E-state index contributed by atoms with van der Waals surface area (Å²) < 4.78 is 0. The molecule has 0 radical (unpaired) electrons. The molecule has 0 bridgehead atoms. The monoisotopic (exact) mass is 216 g/mol. The second-order valence-electron chi connectivity index (χ2n) is 4.90. The summed E-state index contributed by atoms with van der Waals surface area (Å²) in [6.45, 7) is 6.42. The Balaban J connectivity index is 2.50. The van der Waals surface area contributed by atoms with Crippen molar-refractivity contribution in [1.82, 2.24) is 4.90 Å². The lowest BCUT2D eigenvalue weighted by molar-refractivity contribution is -0.128. The van der Waals surface area contributed by atoms with Gasteiger partial charge in [-0.2, -0.15) is 12.6 Å². The fraction of sp³-hybridized carbons (Fsp3) is 0.900. The van der Waals surface area contributed by atoms with Crippen molar-refractivity contribution in [3.63, 3.8) is 0 Å². The molecule has 14 heavy (non-hydrogen) atoms. The molecular formula is C10H20N2OS. The van der Waals surface area contributed by atoms with Crippen LogP contribution in [0.4, 0.5) is 0 Å². The Kier molecular flexibility index (Phi) is 3.84. The Hall–Kier alpha value is -0.220. The largest absolute Gasteiger partial charge is 0.342 e. The van der Waals surface area contributed by atoms with Crippen molar-refractivity contribution in [1.29, 1.82) is 0 Å². The number of thiol groups is 1. The van der Waals surface area contributed by atoms with Gasteiger partial charge in [-0.1, -0.05) is 13.8 Å². The van der Waals surface area contributed by atoms with Crippen molar-refractivity contribution in [2.24, 2.45) is 17.1 Å². The van der Waals surface area contributed by atoms with E-state index in [1.54, 1.807) is 0 Å². The van der Waals surface area contributed by atoms with Gasteiger partial charge in [0.1, 0.15) is 0 Å². The summed E-state index contributed by atoms with van der Waals surface area (Å²) in [7, 11) is 0. The first-order valence-corrected chi connectivity index (χ1v) is 5.70. The third-order valence-corrected chi connectivity index (χ3v) is 3.24. The van der Waals surface area contributed by atoms with Crippen LogP contribution in [-0.4, -0.2) is 36.2 Å². The maximum absolute atomic E-state index is 11.6. The summed E-state index contributed by atoms with van der Waals surface area (Å²) in [5.41, 5.74) is 5.67. The molecule has 1 amide bonds. The summed E-state index contributed by atoms with van der Waals surface area (Å²) in [6, 6.07) is 0. The average molecular weight is 216 g/mol. The molecule has 82 valence electrons. The van der Waals surface area contributed by atoms with Crippen molar-refractivity contribution in [3.8, 4) is 0 Å². The van der Waals surface area contributed by atoms with Gasteiger partial charge in [0, 0.05) is 19.5 Å². The molecule has 0 aromatic carbocycles. The van der Waals surface area contributed by atoms with Gasteiger partial charge in [-0.15, -0.1) is 0 Å². The van der Waals surface area contributed by atoms with E-state index in [1.807, 2.05) is 4.90 Å². The van der Waals surface area contributed by atoms with Gasteiger partial charge < -0.3 is 10.6 Å². The number of hydrogen-bond acceptors (Lipinski definition) is 3. The second kappa shape index (κ2) is 4.53. The molecule has 1 heterocycles. The fourth-order valence-electron chi connectivity index (χ4n) is 1.71. The predicted molar refractivity (Wildman–Crippen MR) is 61.4 cm³/mol. The summed E-state index contributed by atoms with van der Waals surface area (Å²) >= 11 is 4.23. The van der Waals surface area contributed by atoms with Crippen LogP contribution in [-0.2, 0) is 4.79 Å². The molecule has 1 aliphatic rings. The van der Waals surface area contributed by atoms with E-state index in [0.717, 1.165) is 18.8 Å². The van der Waals surface area contributed by atoms with Crippen LogP contribution in [0.2, 0.25) is 0 Å². The molecule has 0 spiro atoms. The number of rotatable bonds is 4. The molecule has 1 unspecified atom stereocenters. The third-order valence-electron chi connectivity index (χ3n) is 2.72. The molecular weight excluding hydrogens is 196 g/mol. The van der Waals surface area contributed by atoms with Gasteiger partial charge in [-0.3, -0.25) is 4.79 Å². The summed E-state index contributed by atoms with van der Waals surface area (Å²) in [5, 5.41) is 0. The molecule has 3 nitrogen and oxygen atoms in total. The zero-order chi connectivity index (χ0) is 10.8. The fourth-order valence-corrected chi connectivity index (χ4v) is 1.95. The molecule has 1 atom stereocenters. The first kappa shape index (κ1) is 11.9. The highest BCUT2D eigenvalue weighted by molar-refractivity contribution is 7.80. The highest BCUT2D eigenvalue weighted by atomic mass is 32.1. The van der Waals surface area contributed by atoms with Crippen LogP contribution in [0.5, 0.6) is 0 Å². The zero-order valence-electron chi connectivity index (χ0n) is 8.99. The Labute approximate surface area is 91.4 Å². The van der Waals surface area contributed by atoms with Crippen LogP contribution in [0.25, 0.3) is 0 Å². The highest BCUT2D eigenvalue weighted by Gasteiger charge is 2.31. The van der Waals surface area contributed by atoms with Crippen LogP contribution in [0.3, 0.4) is 0 Å². The van der Waals surface area contributed by atoms with E-state index in [0.29, 0.717) is 18.9 Å². The van der Waals surface area contributed by atoms with Gasteiger partial charge in [0.2, 0.25) is 5.91 Å². The topological polar surface area (TPSA) is 46.3 Å². The molecule has 0 aromatic heterocycles. The van der Waals surface area contributed by atoms with Gasteiger partial charge >= 0.3 is 0 Å². The standard InChI is InChI=1S/C10H20N2OS/c1-10(2,6-11)7-12-4-8(5-14)3-9(12)13/h8,14H,3-7,11H2,1-2H3. The van der Waals surface area contributed by atoms with Crippen LogP contribution in [0.1, 0.15) is 20.3 Å². The van der Waals surface area contributed by atoms with Crippen molar-refractivity contribution in [3.05, 3.63) is 0 Å². The van der Waals surface area contributed by atoms with Crippen LogP contribution < -0.4 is 5.73 Å². The Morgan fingerprint density at radius 2 is 2.29 bits per heavy atom. The van der Waals surface area contributed by atoms with Gasteiger partial charge in [0.25, 0.3) is 0 Å². The lowest BCUT2D eigenvalue weighted by Crippen LogP contribution is -2.39. The van der Waals surface area contributed by atoms with Gasteiger partial charge in [0.05, 0.1) is 0 Å². The molecule has 0 aromatic rings. The Morgan fingerprint density at radius 3 is 2.71 bits per heavy atom. The Morgan fingerprint density at radius 1 is 1.64 bits per heavy atom. The number of carbonyl (C=O) groups excluding carboxylic acids is 1. The number of nitrogens with two attached hydrogens (primary N) is 1. The van der Waals surface area contributed by atoms with E-state index >= 15 is 0 Å². The van der Waals surface area contributed by atoms with E-state index in [2.05, 4.69) is 26.5 Å². The van der Waals surface area contributed by atoms with Gasteiger partial charge in [-0.25, -0.2) is 0 Å². The lowest BCUT2D eigenvalue weighted by atomic mass is 9.93. The molecule has 4 heteroatoms. The zero-order valence-corrected chi connectivity index (χ0v) is 9.89. The van der Waals surface area contributed by atoms with Gasteiger partial charge in [0.15, 0.2) is 0 Å². The third kappa shape index (κ3) is 2.89. The molecule has 0 saturated carbocycles. The first-order chi connectivity index (χ1) is 6.48. The lowest BCUT2D eigenvalue weighted by Gasteiger charge is -2.29. The number of hydrogen-bond donors (Lipinski definition) is 2.